The van der Waals surface area contributed by atoms with Crippen LogP contribution >= 0.6 is 0 Å². The fraction of sp³-hybridized carbons (Fsp3) is 0.238. The van der Waals surface area contributed by atoms with Gasteiger partial charge in [0.2, 0.25) is 5.75 Å². The van der Waals surface area contributed by atoms with Crippen molar-refractivity contribution in [3.63, 3.8) is 0 Å². The average Bonchev–Trinajstić information content (AvgIpc) is 2.78. The van der Waals surface area contributed by atoms with Crippen molar-refractivity contribution in [3.8, 4) is 17.2 Å². The lowest BCUT2D eigenvalue weighted by Gasteiger charge is -2.13. The van der Waals surface area contributed by atoms with Gasteiger partial charge in [-0.1, -0.05) is 0 Å². The Morgan fingerprint density at radius 3 is 2.16 bits per heavy atom. The molecule has 0 heterocycles. The number of ether oxygens (including phenoxy) is 4. The lowest BCUT2D eigenvalue weighted by atomic mass is 10.2. The zero-order valence-electron chi connectivity index (χ0n) is 17.6. The van der Waals surface area contributed by atoms with Crippen molar-refractivity contribution in [2.24, 2.45) is 5.10 Å². The number of hydrazone groups is 1. The number of carbonyl (C=O) groups excluding carboxylic acids is 3. The number of nitrogens with zero attached hydrogens (tertiary/aromatic N) is 1. The van der Waals surface area contributed by atoms with E-state index in [1.807, 2.05) is 0 Å². The highest BCUT2D eigenvalue weighted by Gasteiger charge is 2.16. The zero-order chi connectivity index (χ0) is 22.8. The van der Waals surface area contributed by atoms with Gasteiger partial charge in [0.05, 0.1) is 39.7 Å². The Bertz CT molecular complexity index is 972. The topological polar surface area (TPSA) is 125 Å². The molecule has 0 aliphatic rings. The number of rotatable bonds is 8. The van der Waals surface area contributed by atoms with E-state index in [2.05, 4.69) is 15.8 Å². The van der Waals surface area contributed by atoms with Gasteiger partial charge >= 0.3 is 17.8 Å². The van der Waals surface area contributed by atoms with Gasteiger partial charge in [0.1, 0.15) is 0 Å². The van der Waals surface area contributed by atoms with Crippen LogP contribution in [-0.2, 0) is 14.3 Å². The van der Waals surface area contributed by atoms with E-state index < -0.39 is 17.8 Å². The summed E-state index contributed by atoms with van der Waals surface area (Å²) in [5, 5.41) is 6.18. The standard InChI is InChI=1S/C21H23N3O7/c1-5-31-21(27)13-6-9-15(10-7-13)23-19(25)20(26)24-22-12-14-8-11-16(28-2)18(30-4)17(14)29-3/h6-12H,5H2,1-4H3,(H,23,25)(H,24,26)/b22-12-. The molecule has 0 radical (unpaired) electrons. The monoisotopic (exact) mass is 429 g/mol. The molecule has 0 bridgehead atoms. The molecule has 0 aliphatic heterocycles. The minimum Gasteiger partial charge on any atom is -0.493 e. The molecular formula is C21H23N3O7. The summed E-state index contributed by atoms with van der Waals surface area (Å²) in [6.07, 6.45) is 1.31. The summed E-state index contributed by atoms with van der Waals surface area (Å²) in [5.74, 6) is -1.20. The summed E-state index contributed by atoms with van der Waals surface area (Å²) in [6, 6.07) is 9.22. The molecule has 31 heavy (non-hydrogen) atoms. The Kier molecular flexibility index (Phi) is 8.38. The lowest BCUT2D eigenvalue weighted by Crippen LogP contribution is -2.32. The summed E-state index contributed by atoms with van der Waals surface area (Å²) < 4.78 is 20.7. The van der Waals surface area contributed by atoms with Gasteiger partial charge in [0.25, 0.3) is 0 Å². The maximum Gasteiger partial charge on any atom is 0.338 e. The van der Waals surface area contributed by atoms with E-state index in [4.69, 9.17) is 18.9 Å². The lowest BCUT2D eigenvalue weighted by molar-refractivity contribution is -0.136. The third-order valence-electron chi connectivity index (χ3n) is 3.96. The third-order valence-corrected chi connectivity index (χ3v) is 3.96. The summed E-state index contributed by atoms with van der Waals surface area (Å²) in [5.41, 5.74) is 3.29. The second-order valence-corrected chi connectivity index (χ2v) is 5.87. The largest absolute Gasteiger partial charge is 0.493 e. The van der Waals surface area contributed by atoms with E-state index in [0.717, 1.165) is 0 Å². The number of hydrogen-bond donors (Lipinski definition) is 2. The number of methoxy groups -OCH3 is 3. The van der Waals surface area contributed by atoms with Crippen LogP contribution in [0.15, 0.2) is 41.5 Å². The molecule has 0 saturated heterocycles. The van der Waals surface area contributed by atoms with Crippen LogP contribution in [0.3, 0.4) is 0 Å². The molecule has 2 N–H and O–H groups in total. The minimum absolute atomic E-state index is 0.257. The van der Waals surface area contributed by atoms with Gasteiger partial charge in [-0.25, -0.2) is 10.2 Å². The molecule has 2 aromatic rings. The molecule has 0 atom stereocenters. The highest BCUT2D eigenvalue weighted by Crippen LogP contribution is 2.38. The van der Waals surface area contributed by atoms with E-state index >= 15 is 0 Å². The smallest absolute Gasteiger partial charge is 0.338 e. The van der Waals surface area contributed by atoms with E-state index in [0.29, 0.717) is 34.1 Å². The van der Waals surface area contributed by atoms with Crippen molar-refractivity contribution in [2.45, 2.75) is 6.92 Å². The molecule has 10 nitrogen and oxygen atoms in total. The molecule has 2 amide bonds. The molecule has 0 spiro atoms. The van der Waals surface area contributed by atoms with Crippen LogP contribution in [0, 0.1) is 0 Å². The first kappa shape index (κ1) is 23.2. The number of nitrogens with one attached hydrogen (secondary N) is 2. The van der Waals surface area contributed by atoms with Gasteiger partial charge in [0.15, 0.2) is 11.5 Å². The maximum absolute atomic E-state index is 12.0. The summed E-state index contributed by atoms with van der Waals surface area (Å²) in [6.45, 7) is 1.96. The predicted molar refractivity (Wildman–Crippen MR) is 113 cm³/mol. The average molecular weight is 429 g/mol. The fourth-order valence-corrected chi connectivity index (χ4v) is 2.53. The molecule has 2 aromatic carbocycles. The van der Waals surface area contributed by atoms with Crippen molar-refractivity contribution in [1.29, 1.82) is 0 Å². The van der Waals surface area contributed by atoms with Gasteiger partial charge in [-0.15, -0.1) is 0 Å². The van der Waals surface area contributed by atoms with E-state index in [-0.39, 0.29) is 6.61 Å². The Morgan fingerprint density at radius 1 is 0.903 bits per heavy atom. The van der Waals surface area contributed by atoms with Crippen LogP contribution in [0.25, 0.3) is 0 Å². The minimum atomic E-state index is -0.981. The molecule has 0 saturated carbocycles. The Morgan fingerprint density at radius 2 is 1.58 bits per heavy atom. The van der Waals surface area contributed by atoms with Crippen LogP contribution in [0.2, 0.25) is 0 Å². The number of amides is 2. The quantitative estimate of drug-likeness (QED) is 0.284. The van der Waals surface area contributed by atoms with Gasteiger partial charge in [-0.3, -0.25) is 9.59 Å². The highest BCUT2D eigenvalue weighted by molar-refractivity contribution is 6.39. The van der Waals surface area contributed by atoms with Gasteiger partial charge in [0, 0.05) is 11.3 Å². The van der Waals surface area contributed by atoms with E-state index in [1.165, 1.54) is 51.8 Å². The first-order valence-electron chi connectivity index (χ1n) is 9.15. The molecule has 0 aromatic heterocycles. The zero-order valence-corrected chi connectivity index (χ0v) is 17.6. The number of hydrogen-bond acceptors (Lipinski definition) is 8. The van der Waals surface area contributed by atoms with Gasteiger partial charge < -0.3 is 24.3 Å². The van der Waals surface area contributed by atoms with Crippen molar-refractivity contribution in [1.82, 2.24) is 5.43 Å². The van der Waals surface area contributed by atoms with Crippen LogP contribution in [0.1, 0.15) is 22.8 Å². The van der Waals surface area contributed by atoms with Crippen molar-refractivity contribution in [2.75, 3.05) is 33.3 Å². The molecule has 0 fully saturated rings. The van der Waals surface area contributed by atoms with E-state index in [9.17, 15) is 14.4 Å². The SMILES string of the molecule is CCOC(=O)c1ccc(NC(=O)C(=O)N/N=C\c2ccc(OC)c(OC)c2OC)cc1. The number of anilines is 1. The van der Waals surface area contributed by atoms with Crippen molar-refractivity contribution < 1.29 is 33.3 Å². The first-order valence-corrected chi connectivity index (χ1v) is 9.15. The number of benzene rings is 2. The molecule has 164 valence electrons. The van der Waals surface area contributed by atoms with Crippen LogP contribution in [0.4, 0.5) is 5.69 Å². The third kappa shape index (κ3) is 5.95. The van der Waals surface area contributed by atoms with Crippen molar-refractivity contribution >= 4 is 29.7 Å². The first-order chi connectivity index (χ1) is 14.9. The summed E-state index contributed by atoms with van der Waals surface area (Å²) in [7, 11) is 4.41. The molecular weight excluding hydrogens is 406 g/mol. The van der Waals surface area contributed by atoms with Crippen LogP contribution in [0.5, 0.6) is 17.2 Å². The van der Waals surface area contributed by atoms with Crippen molar-refractivity contribution in [3.05, 3.63) is 47.5 Å². The summed E-state index contributed by atoms with van der Waals surface area (Å²) in [4.78, 5) is 35.7. The Labute approximate surface area is 179 Å². The highest BCUT2D eigenvalue weighted by atomic mass is 16.5. The fourth-order valence-electron chi connectivity index (χ4n) is 2.53. The summed E-state index contributed by atoms with van der Waals surface area (Å²) >= 11 is 0. The Hall–Kier alpha value is -4.08. The van der Waals surface area contributed by atoms with Gasteiger partial charge in [-0.05, 0) is 43.3 Å². The number of carbonyl (C=O) groups is 3. The van der Waals surface area contributed by atoms with Crippen LogP contribution < -0.4 is 25.0 Å². The maximum atomic E-state index is 12.0. The molecule has 0 unspecified atom stereocenters. The number of esters is 1. The van der Waals surface area contributed by atoms with Gasteiger partial charge in [-0.2, -0.15) is 5.10 Å². The Balaban J connectivity index is 2.00. The predicted octanol–water partition coefficient (Wildman–Crippen LogP) is 1.98. The molecule has 0 aliphatic carbocycles. The molecule has 2 rings (SSSR count). The molecule has 10 heteroatoms. The second kappa shape index (κ2) is 11.2. The normalized spacial score (nSPS) is 10.3. The second-order valence-electron chi connectivity index (χ2n) is 5.87. The van der Waals surface area contributed by atoms with E-state index in [1.54, 1.807) is 19.1 Å². The van der Waals surface area contributed by atoms with Crippen LogP contribution in [-0.4, -0.2) is 51.9 Å².